The molecule has 150 valence electrons. The van der Waals surface area contributed by atoms with Crippen molar-refractivity contribution in [2.45, 2.75) is 38.8 Å². The first-order valence-corrected chi connectivity index (χ1v) is 10.3. The second-order valence-electron chi connectivity index (χ2n) is 7.42. The van der Waals surface area contributed by atoms with Crippen molar-refractivity contribution in [1.29, 1.82) is 0 Å². The van der Waals surface area contributed by atoms with Gasteiger partial charge in [-0.15, -0.1) is 0 Å². The summed E-state index contributed by atoms with van der Waals surface area (Å²) in [6.45, 7) is 4.05. The number of carbonyl (C=O) groups excluding carboxylic acids is 1. The second kappa shape index (κ2) is 9.05. The van der Waals surface area contributed by atoms with E-state index in [2.05, 4.69) is 57.7 Å². The molecular formula is C24H27N3O2. The zero-order chi connectivity index (χ0) is 20.1. The third kappa shape index (κ3) is 4.93. The third-order valence-electron chi connectivity index (χ3n) is 5.27. The fraction of sp³-hybridized carbons (Fsp3) is 0.333. The minimum atomic E-state index is -0.0341. The Balaban J connectivity index is 1.40. The molecule has 1 aliphatic rings. The molecule has 1 aliphatic carbocycles. The van der Waals surface area contributed by atoms with Crippen LogP contribution in [0.4, 0.5) is 5.82 Å². The van der Waals surface area contributed by atoms with Gasteiger partial charge in [-0.3, -0.25) is 9.69 Å². The van der Waals surface area contributed by atoms with Crippen LogP contribution in [0.5, 0.6) is 5.75 Å². The van der Waals surface area contributed by atoms with E-state index in [1.807, 2.05) is 13.0 Å². The number of aromatic nitrogens is 1. The summed E-state index contributed by atoms with van der Waals surface area (Å²) in [4.78, 5) is 19.2. The number of hydrogen-bond donors (Lipinski definition) is 1. The van der Waals surface area contributed by atoms with Crippen molar-refractivity contribution in [2.75, 3.05) is 18.5 Å². The van der Waals surface area contributed by atoms with E-state index in [-0.39, 0.29) is 5.91 Å². The normalized spacial score (nSPS) is 13.6. The van der Waals surface area contributed by atoms with Crippen LogP contribution in [0, 0.1) is 0 Å². The first-order chi connectivity index (χ1) is 14.2. The predicted molar refractivity (Wildman–Crippen MR) is 116 cm³/mol. The standard InChI is InChI=1S/C24H27N3O2/c1-2-29-22-11-6-15-25-24(22)26-23(28)14-16-27(20-12-13-20)17-19-9-5-8-18-7-3-4-10-21(18)19/h3-11,15,20H,2,12-14,16-17H2,1H3,(H,25,26,28). The van der Waals surface area contributed by atoms with E-state index in [0.29, 0.717) is 30.6 Å². The second-order valence-corrected chi connectivity index (χ2v) is 7.42. The van der Waals surface area contributed by atoms with E-state index in [9.17, 15) is 4.79 Å². The van der Waals surface area contributed by atoms with E-state index in [1.165, 1.54) is 29.2 Å². The summed E-state index contributed by atoms with van der Waals surface area (Å²) < 4.78 is 5.54. The molecule has 1 amide bonds. The van der Waals surface area contributed by atoms with Gasteiger partial charge in [0.05, 0.1) is 6.61 Å². The molecule has 4 rings (SSSR count). The number of amides is 1. The van der Waals surface area contributed by atoms with E-state index in [4.69, 9.17) is 4.74 Å². The first kappa shape index (κ1) is 19.4. The number of nitrogens with one attached hydrogen (secondary N) is 1. The molecule has 0 atom stereocenters. The summed E-state index contributed by atoms with van der Waals surface area (Å²) in [5, 5.41) is 5.45. The summed E-state index contributed by atoms with van der Waals surface area (Å²) >= 11 is 0. The molecule has 1 saturated carbocycles. The predicted octanol–water partition coefficient (Wildman–Crippen LogP) is 4.63. The van der Waals surface area contributed by atoms with Gasteiger partial charge in [0.1, 0.15) is 0 Å². The SMILES string of the molecule is CCOc1cccnc1NC(=O)CCN(Cc1cccc2ccccc12)C1CC1. The van der Waals surface area contributed by atoms with Gasteiger partial charge in [0.15, 0.2) is 11.6 Å². The van der Waals surface area contributed by atoms with Crippen molar-refractivity contribution in [3.05, 3.63) is 66.4 Å². The number of rotatable bonds is 9. The quantitative estimate of drug-likeness (QED) is 0.580. The molecule has 3 aromatic rings. The Morgan fingerprint density at radius 1 is 1.14 bits per heavy atom. The molecule has 5 heteroatoms. The largest absolute Gasteiger partial charge is 0.490 e. The van der Waals surface area contributed by atoms with Crippen LogP contribution in [-0.4, -0.2) is 35.0 Å². The Hall–Kier alpha value is -2.92. The summed E-state index contributed by atoms with van der Waals surface area (Å²) in [6, 6.07) is 19.2. The summed E-state index contributed by atoms with van der Waals surface area (Å²) in [5.74, 6) is 1.07. The number of carbonyl (C=O) groups is 1. The lowest BCUT2D eigenvalue weighted by Crippen LogP contribution is -2.29. The average Bonchev–Trinajstić information content (AvgIpc) is 3.58. The van der Waals surface area contributed by atoms with Crippen molar-refractivity contribution in [2.24, 2.45) is 0 Å². The lowest BCUT2D eigenvalue weighted by Gasteiger charge is -2.22. The number of anilines is 1. The molecule has 0 radical (unpaired) electrons. The van der Waals surface area contributed by atoms with E-state index >= 15 is 0 Å². The third-order valence-corrected chi connectivity index (χ3v) is 5.27. The number of nitrogens with zero attached hydrogens (tertiary/aromatic N) is 2. The Bertz CT molecular complexity index is 979. The van der Waals surface area contributed by atoms with Gasteiger partial charge < -0.3 is 10.1 Å². The van der Waals surface area contributed by atoms with Gasteiger partial charge in [-0.2, -0.15) is 0 Å². The molecule has 5 nitrogen and oxygen atoms in total. The number of fused-ring (bicyclic) bond motifs is 1. The lowest BCUT2D eigenvalue weighted by molar-refractivity contribution is -0.116. The summed E-state index contributed by atoms with van der Waals surface area (Å²) in [6.07, 6.45) is 4.51. The zero-order valence-electron chi connectivity index (χ0n) is 16.8. The molecule has 29 heavy (non-hydrogen) atoms. The van der Waals surface area contributed by atoms with Crippen LogP contribution in [0.1, 0.15) is 31.7 Å². The van der Waals surface area contributed by atoms with Gasteiger partial charge in [-0.1, -0.05) is 42.5 Å². The van der Waals surface area contributed by atoms with Gasteiger partial charge in [-0.25, -0.2) is 4.98 Å². The topological polar surface area (TPSA) is 54.5 Å². The maximum atomic E-state index is 12.5. The summed E-state index contributed by atoms with van der Waals surface area (Å²) in [7, 11) is 0. The molecular weight excluding hydrogens is 362 g/mol. The van der Waals surface area contributed by atoms with Crippen LogP contribution in [0.15, 0.2) is 60.8 Å². The molecule has 0 aliphatic heterocycles. The maximum Gasteiger partial charge on any atom is 0.226 e. The van der Waals surface area contributed by atoms with Gasteiger partial charge >= 0.3 is 0 Å². The Kier molecular flexibility index (Phi) is 6.06. The lowest BCUT2D eigenvalue weighted by atomic mass is 10.0. The van der Waals surface area contributed by atoms with Crippen molar-refractivity contribution in [3.63, 3.8) is 0 Å². The molecule has 2 aromatic carbocycles. The van der Waals surface area contributed by atoms with Gasteiger partial charge in [0, 0.05) is 31.7 Å². The Morgan fingerprint density at radius 2 is 1.97 bits per heavy atom. The molecule has 0 spiro atoms. The van der Waals surface area contributed by atoms with Crippen molar-refractivity contribution in [1.82, 2.24) is 9.88 Å². The van der Waals surface area contributed by atoms with Gasteiger partial charge in [0.25, 0.3) is 0 Å². The van der Waals surface area contributed by atoms with E-state index in [0.717, 1.165) is 13.1 Å². The summed E-state index contributed by atoms with van der Waals surface area (Å²) in [5.41, 5.74) is 1.32. The smallest absolute Gasteiger partial charge is 0.226 e. The van der Waals surface area contributed by atoms with Gasteiger partial charge in [-0.05, 0) is 48.2 Å². The minimum Gasteiger partial charge on any atom is -0.490 e. The van der Waals surface area contributed by atoms with Crippen LogP contribution < -0.4 is 10.1 Å². The van der Waals surface area contributed by atoms with E-state index in [1.54, 1.807) is 12.3 Å². The first-order valence-electron chi connectivity index (χ1n) is 10.3. The number of benzene rings is 2. The molecule has 1 N–H and O–H groups in total. The van der Waals surface area contributed by atoms with Crippen molar-refractivity contribution in [3.8, 4) is 5.75 Å². The number of pyridine rings is 1. The molecule has 0 unspecified atom stereocenters. The van der Waals surface area contributed by atoms with Crippen LogP contribution >= 0.6 is 0 Å². The van der Waals surface area contributed by atoms with Crippen LogP contribution in [0.25, 0.3) is 10.8 Å². The highest BCUT2D eigenvalue weighted by Crippen LogP contribution is 2.30. The molecule has 0 saturated heterocycles. The monoisotopic (exact) mass is 389 g/mol. The van der Waals surface area contributed by atoms with E-state index < -0.39 is 0 Å². The maximum absolute atomic E-state index is 12.5. The number of ether oxygens (including phenoxy) is 1. The van der Waals surface area contributed by atoms with Crippen molar-refractivity contribution >= 4 is 22.5 Å². The molecule has 1 fully saturated rings. The highest BCUT2D eigenvalue weighted by Gasteiger charge is 2.29. The fourth-order valence-electron chi connectivity index (χ4n) is 3.68. The van der Waals surface area contributed by atoms with Crippen molar-refractivity contribution < 1.29 is 9.53 Å². The molecule has 0 bridgehead atoms. The molecule has 1 heterocycles. The average molecular weight is 389 g/mol. The van der Waals surface area contributed by atoms with Crippen LogP contribution in [0.2, 0.25) is 0 Å². The van der Waals surface area contributed by atoms with Crippen LogP contribution in [-0.2, 0) is 11.3 Å². The van der Waals surface area contributed by atoms with Gasteiger partial charge in [0.2, 0.25) is 5.91 Å². The molecule has 1 aromatic heterocycles. The minimum absolute atomic E-state index is 0.0341. The van der Waals surface area contributed by atoms with Crippen LogP contribution in [0.3, 0.4) is 0 Å². The Labute approximate surface area is 171 Å². The Morgan fingerprint density at radius 3 is 2.79 bits per heavy atom. The fourth-order valence-corrected chi connectivity index (χ4v) is 3.68. The zero-order valence-corrected chi connectivity index (χ0v) is 16.8. The highest BCUT2D eigenvalue weighted by molar-refractivity contribution is 5.91. The highest BCUT2D eigenvalue weighted by atomic mass is 16.5. The number of hydrogen-bond acceptors (Lipinski definition) is 4.